The van der Waals surface area contributed by atoms with Crippen molar-refractivity contribution in [3.8, 4) is 5.75 Å². The molecule has 1 aliphatic rings. The van der Waals surface area contributed by atoms with Crippen molar-refractivity contribution in [2.24, 2.45) is 5.92 Å². The Kier molecular flexibility index (Phi) is 5.00. The molecule has 8 heteroatoms. The molecule has 7 nitrogen and oxygen atoms in total. The Bertz CT molecular complexity index is 553. The average molecular weight is 314 g/mol. The summed E-state index contributed by atoms with van der Waals surface area (Å²) in [6.07, 6.45) is 6.44. The minimum Gasteiger partial charge on any atom is -0.494 e. The van der Waals surface area contributed by atoms with Crippen LogP contribution in [0, 0.1) is 5.92 Å². The number of nitrogens with zero attached hydrogens (tertiary/aromatic N) is 4. The van der Waals surface area contributed by atoms with Crippen LogP contribution in [0.15, 0.2) is 12.4 Å². The van der Waals surface area contributed by atoms with Gasteiger partial charge in [-0.2, -0.15) is 0 Å². The highest BCUT2D eigenvalue weighted by atomic mass is 32.2. The van der Waals surface area contributed by atoms with Crippen molar-refractivity contribution < 1.29 is 13.2 Å². The Morgan fingerprint density at radius 1 is 1.33 bits per heavy atom. The number of sulfonamides is 1. The van der Waals surface area contributed by atoms with E-state index in [1.54, 1.807) is 26.6 Å². The first-order chi connectivity index (χ1) is 9.90. The summed E-state index contributed by atoms with van der Waals surface area (Å²) in [5.74, 6) is 1.73. The average Bonchev–Trinajstić information content (AvgIpc) is 2.47. The molecule has 1 fully saturated rings. The Hall–Kier alpha value is -1.41. The fraction of sp³-hybridized carbons (Fsp3) is 0.692. The van der Waals surface area contributed by atoms with Crippen LogP contribution in [0.3, 0.4) is 0 Å². The quantitative estimate of drug-likeness (QED) is 0.792. The normalized spacial score (nSPS) is 17.2. The largest absolute Gasteiger partial charge is 0.494 e. The molecule has 0 saturated carbocycles. The topological polar surface area (TPSA) is 75.6 Å². The van der Waals surface area contributed by atoms with Gasteiger partial charge in [0.15, 0.2) is 5.75 Å². The lowest BCUT2D eigenvalue weighted by molar-refractivity contribution is 0.327. The van der Waals surface area contributed by atoms with Crippen molar-refractivity contribution in [1.82, 2.24) is 14.3 Å². The number of hydrogen-bond donors (Lipinski definition) is 0. The second kappa shape index (κ2) is 6.57. The lowest BCUT2D eigenvalue weighted by atomic mass is 9.97. The third-order valence-corrected chi connectivity index (χ3v) is 5.11. The van der Waals surface area contributed by atoms with Crippen LogP contribution >= 0.6 is 0 Å². The number of methoxy groups -OCH3 is 1. The van der Waals surface area contributed by atoms with E-state index in [0.717, 1.165) is 25.9 Å². The van der Waals surface area contributed by atoms with Crippen LogP contribution < -0.4 is 9.64 Å². The van der Waals surface area contributed by atoms with Gasteiger partial charge in [0, 0.05) is 26.7 Å². The van der Waals surface area contributed by atoms with E-state index in [1.165, 1.54) is 10.6 Å². The first kappa shape index (κ1) is 16.0. The molecule has 0 radical (unpaired) electrons. The van der Waals surface area contributed by atoms with Gasteiger partial charge in [-0.1, -0.05) is 0 Å². The second-order valence-electron chi connectivity index (χ2n) is 5.40. The van der Waals surface area contributed by atoms with E-state index in [0.29, 0.717) is 24.2 Å². The number of ether oxygens (including phenoxy) is 1. The zero-order chi connectivity index (χ0) is 15.5. The van der Waals surface area contributed by atoms with E-state index in [2.05, 4.69) is 14.9 Å². The third-order valence-electron chi connectivity index (χ3n) is 3.83. The first-order valence-corrected chi connectivity index (χ1v) is 8.77. The second-order valence-corrected chi connectivity index (χ2v) is 7.49. The molecule has 0 amide bonds. The van der Waals surface area contributed by atoms with Crippen LogP contribution in [-0.2, 0) is 10.0 Å². The monoisotopic (exact) mass is 314 g/mol. The van der Waals surface area contributed by atoms with Gasteiger partial charge in [0.2, 0.25) is 16.0 Å². The van der Waals surface area contributed by atoms with Gasteiger partial charge in [0.25, 0.3) is 0 Å². The molecule has 2 heterocycles. The fourth-order valence-corrected chi connectivity index (χ4v) is 2.87. The Morgan fingerprint density at radius 2 is 1.90 bits per heavy atom. The molecule has 1 aliphatic heterocycles. The summed E-state index contributed by atoms with van der Waals surface area (Å²) in [7, 11) is 0.124. The number of anilines is 1. The predicted octanol–water partition coefficient (Wildman–Crippen LogP) is 0.593. The van der Waals surface area contributed by atoms with E-state index >= 15 is 0 Å². The van der Waals surface area contributed by atoms with Crippen LogP contribution in [0.1, 0.15) is 12.8 Å². The summed E-state index contributed by atoms with van der Waals surface area (Å²) in [6, 6.07) is 0. The van der Waals surface area contributed by atoms with Gasteiger partial charge >= 0.3 is 0 Å². The van der Waals surface area contributed by atoms with Gasteiger partial charge in [0.05, 0.1) is 25.8 Å². The maximum absolute atomic E-state index is 11.4. The lowest BCUT2D eigenvalue weighted by Crippen LogP contribution is -2.39. The number of piperidine rings is 1. The zero-order valence-corrected chi connectivity index (χ0v) is 13.5. The molecule has 0 aliphatic carbocycles. The molecular formula is C13H22N4O3S. The molecule has 118 valence electrons. The summed E-state index contributed by atoms with van der Waals surface area (Å²) < 4.78 is 29.3. The highest BCUT2D eigenvalue weighted by Gasteiger charge is 2.24. The van der Waals surface area contributed by atoms with Gasteiger partial charge < -0.3 is 9.64 Å². The van der Waals surface area contributed by atoms with E-state index in [1.807, 2.05) is 0 Å². The van der Waals surface area contributed by atoms with Gasteiger partial charge in [0.1, 0.15) is 0 Å². The first-order valence-electron chi connectivity index (χ1n) is 6.92. The number of rotatable bonds is 5. The standard InChI is InChI=1S/C13H22N4O3S/c1-16(21(3,18)19)10-11-4-6-17(7-5-11)13-14-8-12(20-2)9-15-13/h8-9,11H,4-7,10H2,1-3H3. The molecule has 1 aromatic rings. The minimum absolute atomic E-state index is 0.388. The molecule has 21 heavy (non-hydrogen) atoms. The smallest absolute Gasteiger partial charge is 0.225 e. The zero-order valence-electron chi connectivity index (χ0n) is 12.7. The molecular weight excluding hydrogens is 292 g/mol. The Morgan fingerprint density at radius 3 is 2.38 bits per heavy atom. The summed E-state index contributed by atoms with van der Waals surface area (Å²) in [6.45, 7) is 2.26. The van der Waals surface area contributed by atoms with Crippen LogP contribution in [0.25, 0.3) is 0 Å². The van der Waals surface area contributed by atoms with Crippen molar-refractivity contribution in [3.63, 3.8) is 0 Å². The molecule has 0 atom stereocenters. The fourth-order valence-electron chi connectivity index (χ4n) is 2.39. The minimum atomic E-state index is -3.09. The van der Waals surface area contributed by atoms with Crippen molar-refractivity contribution in [2.45, 2.75) is 12.8 Å². The van der Waals surface area contributed by atoms with E-state index in [-0.39, 0.29) is 0 Å². The van der Waals surface area contributed by atoms with Crippen LogP contribution in [0.2, 0.25) is 0 Å². The van der Waals surface area contributed by atoms with Crippen molar-refractivity contribution >= 4 is 16.0 Å². The molecule has 1 saturated heterocycles. The molecule has 0 unspecified atom stereocenters. The summed E-state index contributed by atoms with van der Waals surface area (Å²) in [4.78, 5) is 10.7. The van der Waals surface area contributed by atoms with Crippen molar-refractivity contribution in [1.29, 1.82) is 0 Å². The highest BCUT2D eigenvalue weighted by Crippen LogP contribution is 2.22. The molecule has 0 N–H and O–H groups in total. The molecule has 0 aromatic carbocycles. The van der Waals surface area contributed by atoms with Gasteiger partial charge in [-0.3, -0.25) is 0 Å². The number of hydrogen-bond acceptors (Lipinski definition) is 6. The van der Waals surface area contributed by atoms with Crippen LogP contribution in [0.4, 0.5) is 5.95 Å². The van der Waals surface area contributed by atoms with Gasteiger partial charge in [-0.25, -0.2) is 22.7 Å². The van der Waals surface area contributed by atoms with Crippen LogP contribution in [0.5, 0.6) is 5.75 Å². The van der Waals surface area contributed by atoms with E-state index < -0.39 is 10.0 Å². The summed E-state index contributed by atoms with van der Waals surface area (Å²) in [5, 5.41) is 0. The molecule has 2 rings (SSSR count). The van der Waals surface area contributed by atoms with Crippen molar-refractivity contribution in [2.75, 3.05) is 44.9 Å². The highest BCUT2D eigenvalue weighted by molar-refractivity contribution is 7.88. The number of aromatic nitrogens is 2. The van der Waals surface area contributed by atoms with Gasteiger partial charge in [-0.15, -0.1) is 0 Å². The van der Waals surface area contributed by atoms with Crippen molar-refractivity contribution in [3.05, 3.63) is 12.4 Å². The molecule has 1 aromatic heterocycles. The van der Waals surface area contributed by atoms with E-state index in [9.17, 15) is 8.42 Å². The lowest BCUT2D eigenvalue weighted by Gasteiger charge is -2.33. The summed E-state index contributed by atoms with van der Waals surface area (Å²) >= 11 is 0. The predicted molar refractivity (Wildman–Crippen MR) is 81.0 cm³/mol. The SMILES string of the molecule is COc1cnc(N2CCC(CN(C)S(C)(=O)=O)CC2)nc1. The summed E-state index contributed by atoms with van der Waals surface area (Å²) in [5.41, 5.74) is 0. The molecule has 0 spiro atoms. The Labute approximate surface area is 126 Å². The third kappa shape index (κ3) is 4.28. The molecule has 0 bridgehead atoms. The Balaban J connectivity index is 1.88. The van der Waals surface area contributed by atoms with Crippen LogP contribution in [-0.4, -0.2) is 62.7 Å². The van der Waals surface area contributed by atoms with E-state index in [4.69, 9.17) is 4.74 Å². The van der Waals surface area contributed by atoms with Gasteiger partial charge in [-0.05, 0) is 18.8 Å². The maximum Gasteiger partial charge on any atom is 0.225 e. The maximum atomic E-state index is 11.4.